The third-order valence-electron chi connectivity index (χ3n) is 9.33. The molecule has 1 aromatic rings. The number of aliphatic hydroxyl groups is 3. The molecule has 3 rings (SSSR count). The number of aliphatic hydroxyl groups excluding tert-OH is 3. The zero-order valence-corrected chi connectivity index (χ0v) is 31.8. The number of carboxylic acids is 2. The van der Waals surface area contributed by atoms with E-state index >= 15 is 0 Å². The standard InChI is InChI=1S/C35H53N9O14/c1-17-26(48)27(49)28(50)34(58-17)57-16-19(36)32(54)44-12-6-10-23(44)31(53)42-20(9-5-11-39-35(37)38)29(51)40-15-24(45)41-21(14-25(46)47)30(52)43-22(33(55)56)13-18-7-3-2-4-8-18/h2-4,7-8,17,19-23,26-28,34,48-50H,5-6,9-16,36H2,1H3,(H,40,51)(H,41,45)(H,42,53)(H,43,52)(H,46,47)(H,55,56)(H4,37,38,39)/t17-,19-,20-,21-,22-,23-,26-,27+,28+,34+/m0/s1. The lowest BCUT2D eigenvalue weighted by atomic mass is 10.00. The van der Waals surface area contributed by atoms with Gasteiger partial charge in [-0.3, -0.25) is 33.8 Å². The number of nitrogens with two attached hydrogens (primary N) is 3. The average Bonchev–Trinajstić information content (AvgIpc) is 3.67. The van der Waals surface area contributed by atoms with Gasteiger partial charge in [0.05, 0.1) is 25.7 Å². The first-order chi connectivity index (χ1) is 27.4. The van der Waals surface area contributed by atoms with Gasteiger partial charge in [0, 0.05) is 19.5 Å². The highest BCUT2D eigenvalue weighted by Crippen LogP contribution is 2.23. The molecule has 2 heterocycles. The molecule has 10 atom stereocenters. The fourth-order valence-electron chi connectivity index (χ4n) is 6.22. The van der Waals surface area contributed by atoms with Crippen molar-refractivity contribution in [2.45, 2.75) is 106 Å². The molecule has 15 N–H and O–H groups in total. The smallest absolute Gasteiger partial charge is 0.326 e. The molecule has 2 aliphatic rings. The number of amides is 5. The summed E-state index contributed by atoms with van der Waals surface area (Å²) in [5.74, 6) is -7.50. The monoisotopic (exact) mass is 823 g/mol. The van der Waals surface area contributed by atoms with Crippen LogP contribution in [-0.2, 0) is 49.5 Å². The van der Waals surface area contributed by atoms with E-state index in [1.807, 2.05) is 0 Å². The van der Waals surface area contributed by atoms with Crippen molar-refractivity contribution in [2.75, 3.05) is 26.2 Å². The summed E-state index contributed by atoms with van der Waals surface area (Å²) in [5.41, 5.74) is 17.4. The lowest BCUT2D eigenvalue weighted by Gasteiger charge is -2.39. The minimum absolute atomic E-state index is 0.0469. The number of hydrogen-bond donors (Lipinski definition) is 12. The third-order valence-corrected chi connectivity index (χ3v) is 9.33. The number of hydrogen-bond acceptors (Lipinski definition) is 14. The van der Waals surface area contributed by atoms with Crippen LogP contribution in [0.5, 0.6) is 0 Å². The Hall–Kier alpha value is -5.46. The van der Waals surface area contributed by atoms with Crippen molar-refractivity contribution in [3.05, 3.63) is 35.9 Å². The molecule has 23 nitrogen and oxygen atoms in total. The van der Waals surface area contributed by atoms with E-state index in [9.17, 15) is 59.1 Å². The Kier molecular flexibility index (Phi) is 18.2. The highest BCUT2D eigenvalue weighted by Gasteiger charge is 2.43. The number of aliphatic carboxylic acids is 2. The highest BCUT2D eigenvalue weighted by atomic mass is 16.7. The normalized spacial score (nSPS) is 23.6. The number of carbonyl (C=O) groups is 7. The molecule has 23 heteroatoms. The molecule has 0 aromatic heterocycles. The lowest BCUT2D eigenvalue weighted by molar-refractivity contribution is -0.293. The maximum absolute atomic E-state index is 13.6. The second-order valence-corrected chi connectivity index (χ2v) is 13.8. The molecule has 0 radical (unpaired) electrons. The van der Waals surface area contributed by atoms with Crippen LogP contribution >= 0.6 is 0 Å². The predicted octanol–water partition coefficient (Wildman–Crippen LogP) is -5.43. The summed E-state index contributed by atoms with van der Waals surface area (Å²) < 4.78 is 10.8. The van der Waals surface area contributed by atoms with Gasteiger partial charge in [-0.05, 0) is 38.2 Å². The first-order valence-electron chi connectivity index (χ1n) is 18.5. The Bertz CT molecular complexity index is 1630. The lowest BCUT2D eigenvalue weighted by Crippen LogP contribution is -2.59. The van der Waals surface area contributed by atoms with Crippen LogP contribution in [0.4, 0.5) is 0 Å². The van der Waals surface area contributed by atoms with Crippen LogP contribution in [-0.4, -0.2) is 165 Å². The van der Waals surface area contributed by atoms with Gasteiger partial charge in [0.2, 0.25) is 29.5 Å². The number of nitrogens with zero attached hydrogens (tertiary/aromatic N) is 2. The first kappa shape index (κ1) is 46.9. The first-order valence-corrected chi connectivity index (χ1v) is 18.5. The molecule has 0 aliphatic carbocycles. The van der Waals surface area contributed by atoms with Crippen LogP contribution in [0.1, 0.15) is 44.6 Å². The molecule has 322 valence electrons. The van der Waals surface area contributed by atoms with Crippen molar-refractivity contribution in [1.29, 1.82) is 0 Å². The summed E-state index contributed by atoms with van der Waals surface area (Å²) in [6.45, 7) is 0.368. The molecule has 2 fully saturated rings. The maximum atomic E-state index is 13.6. The number of likely N-dealkylation sites (tertiary alicyclic amines) is 1. The summed E-state index contributed by atoms with van der Waals surface area (Å²) in [4.78, 5) is 94.6. The number of carbonyl (C=O) groups excluding carboxylic acids is 5. The summed E-state index contributed by atoms with van der Waals surface area (Å²) in [6.07, 6.45) is -7.20. The van der Waals surface area contributed by atoms with Gasteiger partial charge in [-0.1, -0.05) is 30.3 Å². The maximum Gasteiger partial charge on any atom is 0.326 e. The van der Waals surface area contributed by atoms with E-state index in [2.05, 4.69) is 26.3 Å². The molecule has 2 aliphatic heterocycles. The zero-order chi connectivity index (χ0) is 43.1. The van der Waals surface area contributed by atoms with Crippen LogP contribution in [0.25, 0.3) is 0 Å². The number of rotatable bonds is 21. The van der Waals surface area contributed by atoms with Crippen molar-refractivity contribution in [3.63, 3.8) is 0 Å². The fraction of sp³-hybridized carbons (Fsp3) is 0.600. The minimum Gasteiger partial charge on any atom is -0.481 e. The highest BCUT2D eigenvalue weighted by molar-refractivity contribution is 5.96. The number of nitrogens with one attached hydrogen (secondary N) is 4. The van der Waals surface area contributed by atoms with Crippen molar-refractivity contribution < 1.29 is 68.6 Å². The third kappa shape index (κ3) is 14.2. The predicted molar refractivity (Wildman–Crippen MR) is 200 cm³/mol. The van der Waals surface area contributed by atoms with Crippen LogP contribution in [0.3, 0.4) is 0 Å². The SMILES string of the molecule is C[C@@H]1O[C@@H](OC[C@H](N)C(=O)N2CCC[C@H]2C(=O)N[C@@H](CCCN=C(N)N)C(=O)NCC(=O)N[C@@H](CC(=O)O)C(=O)N[C@@H](Cc2ccccc2)C(=O)O)[C@H](O)[C@H](O)[C@H]1O. The van der Waals surface area contributed by atoms with Crippen molar-refractivity contribution >= 4 is 47.4 Å². The van der Waals surface area contributed by atoms with Gasteiger partial charge in [0.1, 0.15) is 48.5 Å². The topological polar surface area (TPSA) is 381 Å². The van der Waals surface area contributed by atoms with E-state index in [1.54, 1.807) is 30.3 Å². The van der Waals surface area contributed by atoms with Gasteiger partial charge < -0.3 is 78.4 Å². The summed E-state index contributed by atoms with van der Waals surface area (Å²) in [7, 11) is 0. The second-order valence-electron chi connectivity index (χ2n) is 13.8. The molecule has 0 bridgehead atoms. The van der Waals surface area contributed by atoms with E-state index in [0.717, 1.165) is 0 Å². The molecular weight excluding hydrogens is 770 g/mol. The Morgan fingerprint density at radius 2 is 1.62 bits per heavy atom. The van der Waals surface area contributed by atoms with E-state index in [0.29, 0.717) is 12.0 Å². The van der Waals surface area contributed by atoms with Crippen molar-refractivity contribution in [3.8, 4) is 0 Å². The number of guanidine groups is 1. The Labute approximate surface area is 332 Å². The molecule has 58 heavy (non-hydrogen) atoms. The Balaban J connectivity index is 1.63. The van der Waals surface area contributed by atoms with Crippen molar-refractivity contribution in [2.24, 2.45) is 22.2 Å². The average molecular weight is 824 g/mol. The summed E-state index contributed by atoms with van der Waals surface area (Å²) in [5, 5.41) is 58.5. The van der Waals surface area contributed by atoms with E-state index in [-0.39, 0.29) is 44.7 Å². The van der Waals surface area contributed by atoms with Crippen LogP contribution in [0.15, 0.2) is 35.3 Å². The number of aliphatic imine (C=N–C) groups is 1. The Morgan fingerprint density at radius 3 is 2.26 bits per heavy atom. The quantitative estimate of drug-likeness (QED) is 0.0313. The number of benzene rings is 1. The van der Waals surface area contributed by atoms with Gasteiger partial charge in [-0.25, -0.2) is 4.79 Å². The van der Waals surface area contributed by atoms with E-state index in [4.69, 9.17) is 26.7 Å². The molecule has 0 unspecified atom stereocenters. The van der Waals surface area contributed by atoms with Gasteiger partial charge in [-0.15, -0.1) is 0 Å². The second kappa shape index (κ2) is 22.5. The van der Waals surface area contributed by atoms with Crippen molar-refractivity contribution in [1.82, 2.24) is 26.2 Å². The molecule has 0 spiro atoms. The van der Waals surface area contributed by atoms with E-state index in [1.165, 1.54) is 11.8 Å². The molecule has 1 aromatic carbocycles. The molecule has 5 amide bonds. The fourth-order valence-corrected chi connectivity index (χ4v) is 6.22. The van der Waals surface area contributed by atoms with Gasteiger partial charge >= 0.3 is 11.9 Å². The van der Waals surface area contributed by atoms with Gasteiger partial charge in [0.15, 0.2) is 12.2 Å². The van der Waals surface area contributed by atoms with E-state index < -0.39 is 122 Å². The molecule has 2 saturated heterocycles. The van der Waals surface area contributed by atoms with Gasteiger partial charge in [-0.2, -0.15) is 0 Å². The van der Waals surface area contributed by atoms with Gasteiger partial charge in [0.25, 0.3) is 0 Å². The largest absolute Gasteiger partial charge is 0.481 e. The minimum atomic E-state index is -1.72. The Morgan fingerprint density at radius 1 is 0.931 bits per heavy atom. The van der Waals surface area contributed by atoms with Crippen LogP contribution in [0, 0.1) is 0 Å². The number of ether oxygens (including phenoxy) is 2. The van der Waals surface area contributed by atoms with Crippen LogP contribution in [0.2, 0.25) is 0 Å². The zero-order valence-electron chi connectivity index (χ0n) is 31.8. The molecule has 0 saturated carbocycles. The summed E-state index contributed by atoms with van der Waals surface area (Å²) in [6, 6.07) is 1.43. The number of carboxylic acid groups (broad SMARTS) is 2. The van der Waals surface area contributed by atoms with Crippen LogP contribution < -0.4 is 38.5 Å². The summed E-state index contributed by atoms with van der Waals surface area (Å²) >= 11 is 0. The molecular formula is C35H53N9O14.